The summed E-state index contributed by atoms with van der Waals surface area (Å²) in [6.45, 7) is 7.40. The zero-order valence-corrected chi connectivity index (χ0v) is 18.4. The predicted molar refractivity (Wildman–Crippen MR) is 123 cm³/mol. The molecular weight excluding hydrogens is 396 g/mol. The largest absolute Gasteiger partial charge is 0.491 e. The van der Waals surface area contributed by atoms with E-state index in [-0.39, 0.29) is 12.6 Å². The van der Waals surface area contributed by atoms with Crippen molar-refractivity contribution in [3.63, 3.8) is 0 Å². The van der Waals surface area contributed by atoms with Gasteiger partial charge in [-0.3, -0.25) is 0 Å². The van der Waals surface area contributed by atoms with Gasteiger partial charge in [0, 0.05) is 37.5 Å². The minimum Gasteiger partial charge on any atom is -0.491 e. The van der Waals surface area contributed by atoms with Crippen LogP contribution in [0, 0.1) is 5.41 Å². The molecule has 168 valence electrons. The van der Waals surface area contributed by atoms with Crippen molar-refractivity contribution in [2.24, 2.45) is 0 Å². The van der Waals surface area contributed by atoms with E-state index in [1.54, 1.807) is 7.05 Å². The maximum atomic E-state index is 9.90. The number of hydrogen-bond donors (Lipinski definition) is 4. The normalized spacial score (nSPS) is 15.1. The molecule has 4 N–H and O–H groups in total. The van der Waals surface area contributed by atoms with Crippen LogP contribution in [0.2, 0.25) is 0 Å². The Morgan fingerprint density at radius 1 is 1.29 bits per heavy atom. The Morgan fingerprint density at radius 2 is 2.06 bits per heavy atom. The third kappa shape index (κ3) is 6.13. The Hall–Kier alpha value is -2.75. The lowest BCUT2D eigenvalue weighted by Gasteiger charge is -2.30. The first-order valence-corrected chi connectivity index (χ1v) is 10.6. The van der Waals surface area contributed by atoms with E-state index >= 15 is 0 Å². The van der Waals surface area contributed by atoms with E-state index in [4.69, 9.17) is 24.9 Å². The highest BCUT2D eigenvalue weighted by atomic mass is 16.5. The Bertz CT molecular complexity index is 870. The molecule has 1 fully saturated rings. The molecule has 2 heterocycles. The van der Waals surface area contributed by atoms with E-state index < -0.39 is 6.10 Å². The highest BCUT2D eigenvalue weighted by Gasteiger charge is 2.21. The number of nitrogens with zero attached hydrogens (tertiary/aromatic N) is 3. The van der Waals surface area contributed by atoms with Gasteiger partial charge in [-0.15, -0.1) is 0 Å². The van der Waals surface area contributed by atoms with Gasteiger partial charge >= 0.3 is 0 Å². The lowest BCUT2D eigenvalue weighted by Crippen LogP contribution is -2.37. The SMILES string of the molecule is CNCC(O)COc1cccc(-c2nc(NC(C)C)c(C=N)c(N3CCOCC3)n2)c1. The van der Waals surface area contributed by atoms with Crippen LogP contribution < -0.4 is 20.3 Å². The molecule has 9 heteroatoms. The molecule has 9 nitrogen and oxygen atoms in total. The van der Waals surface area contributed by atoms with Crippen LogP contribution in [0.15, 0.2) is 24.3 Å². The fourth-order valence-corrected chi connectivity index (χ4v) is 3.33. The monoisotopic (exact) mass is 428 g/mol. The molecule has 2 aromatic rings. The number of aliphatic hydroxyl groups excluding tert-OH is 1. The van der Waals surface area contributed by atoms with Crippen LogP contribution in [0.4, 0.5) is 11.6 Å². The summed E-state index contributed by atoms with van der Waals surface area (Å²) in [5.74, 6) is 2.55. The van der Waals surface area contributed by atoms with Crippen molar-refractivity contribution < 1.29 is 14.6 Å². The second-order valence-electron chi connectivity index (χ2n) is 7.73. The average molecular weight is 429 g/mol. The van der Waals surface area contributed by atoms with E-state index in [1.807, 2.05) is 38.1 Å². The molecule has 1 aromatic heterocycles. The summed E-state index contributed by atoms with van der Waals surface area (Å²) in [4.78, 5) is 11.7. The molecule has 31 heavy (non-hydrogen) atoms. The van der Waals surface area contributed by atoms with Crippen LogP contribution in [0.1, 0.15) is 19.4 Å². The van der Waals surface area contributed by atoms with E-state index in [0.29, 0.717) is 55.8 Å². The molecule has 1 unspecified atom stereocenters. The Morgan fingerprint density at radius 3 is 2.74 bits per heavy atom. The van der Waals surface area contributed by atoms with Crippen LogP contribution in [-0.2, 0) is 4.74 Å². The zero-order valence-electron chi connectivity index (χ0n) is 18.4. The summed E-state index contributed by atoms with van der Waals surface area (Å²) in [6.07, 6.45) is 0.716. The second kappa shape index (κ2) is 11.0. The predicted octanol–water partition coefficient (Wildman–Crippen LogP) is 1.76. The number of aromatic nitrogens is 2. The van der Waals surface area contributed by atoms with Crippen LogP contribution in [0.3, 0.4) is 0 Å². The quantitative estimate of drug-likeness (QED) is 0.423. The molecule has 0 saturated carbocycles. The third-order valence-corrected chi connectivity index (χ3v) is 4.78. The summed E-state index contributed by atoms with van der Waals surface area (Å²) in [7, 11) is 1.79. The van der Waals surface area contributed by atoms with Crippen molar-refractivity contribution in [2.75, 3.05) is 56.7 Å². The van der Waals surface area contributed by atoms with Crippen LogP contribution in [-0.4, -0.2) is 79.9 Å². The lowest BCUT2D eigenvalue weighted by atomic mass is 10.1. The highest BCUT2D eigenvalue weighted by molar-refractivity contribution is 5.92. The van der Waals surface area contributed by atoms with Gasteiger partial charge in [-0.2, -0.15) is 0 Å². The molecule has 1 aliphatic rings. The van der Waals surface area contributed by atoms with Crippen molar-refractivity contribution in [3.8, 4) is 17.1 Å². The maximum Gasteiger partial charge on any atom is 0.164 e. The number of ether oxygens (including phenoxy) is 2. The number of hydrogen-bond acceptors (Lipinski definition) is 9. The van der Waals surface area contributed by atoms with Gasteiger partial charge in [-0.25, -0.2) is 9.97 Å². The van der Waals surface area contributed by atoms with Gasteiger partial charge in [0.2, 0.25) is 0 Å². The van der Waals surface area contributed by atoms with Crippen molar-refractivity contribution >= 4 is 17.9 Å². The number of morpholine rings is 1. The smallest absolute Gasteiger partial charge is 0.164 e. The number of aliphatic hydroxyl groups is 1. The number of likely N-dealkylation sites (N-methyl/N-ethyl adjacent to an activating group) is 1. The topological polar surface area (TPSA) is 116 Å². The molecule has 0 amide bonds. The molecule has 1 saturated heterocycles. The fourth-order valence-electron chi connectivity index (χ4n) is 3.33. The Labute approximate surface area is 183 Å². The van der Waals surface area contributed by atoms with Crippen molar-refractivity contribution in [1.29, 1.82) is 5.41 Å². The molecular formula is C22H32N6O3. The van der Waals surface area contributed by atoms with Gasteiger partial charge in [-0.1, -0.05) is 12.1 Å². The van der Waals surface area contributed by atoms with Gasteiger partial charge in [0.15, 0.2) is 5.82 Å². The summed E-state index contributed by atoms with van der Waals surface area (Å²) in [5.41, 5.74) is 1.47. The van der Waals surface area contributed by atoms with Gasteiger partial charge in [0.05, 0.1) is 18.8 Å². The highest BCUT2D eigenvalue weighted by Crippen LogP contribution is 2.29. The first kappa shape index (κ1) is 22.9. The zero-order chi connectivity index (χ0) is 22.2. The molecule has 3 rings (SSSR count). The Balaban J connectivity index is 1.96. The number of rotatable bonds is 10. The van der Waals surface area contributed by atoms with Crippen molar-refractivity contribution in [2.45, 2.75) is 26.0 Å². The first-order chi connectivity index (χ1) is 15.0. The second-order valence-corrected chi connectivity index (χ2v) is 7.73. The first-order valence-electron chi connectivity index (χ1n) is 10.6. The molecule has 1 atom stereocenters. The molecule has 0 bridgehead atoms. The number of benzene rings is 1. The molecule has 1 aliphatic heterocycles. The molecule has 0 aliphatic carbocycles. The third-order valence-electron chi connectivity index (χ3n) is 4.78. The summed E-state index contributed by atoms with van der Waals surface area (Å²) >= 11 is 0. The Kier molecular flexibility index (Phi) is 8.16. The summed E-state index contributed by atoms with van der Waals surface area (Å²) in [6, 6.07) is 7.68. The van der Waals surface area contributed by atoms with Crippen LogP contribution >= 0.6 is 0 Å². The minimum absolute atomic E-state index is 0.155. The molecule has 0 spiro atoms. The van der Waals surface area contributed by atoms with Crippen molar-refractivity contribution in [3.05, 3.63) is 29.8 Å². The summed E-state index contributed by atoms with van der Waals surface area (Å²) < 4.78 is 11.2. The molecule has 1 aromatic carbocycles. The number of nitrogens with one attached hydrogen (secondary N) is 3. The van der Waals surface area contributed by atoms with E-state index in [1.165, 1.54) is 6.21 Å². The summed E-state index contributed by atoms with van der Waals surface area (Å²) in [5, 5.41) is 24.1. The lowest BCUT2D eigenvalue weighted by molar-refractivity contribution is 0.108. The van der Waals surface area contributed by atoms with E-state index in [2.05, 4.69) is 15.5 Å². The van der Waals surface area contributed by atoms with Crippen LogP contribution in [0.5, 0.6) is 5.75 Å². The maximum absolute atomic E-state index is 9.90. The van der Waals surface area contributed by atoms with Gasteiger partial charge in [-0.05, 0) is 33.0 Å². The molecule has 0 radical (unpaired) electrons. The minimum atomic E-state index is -0.591. The average Bonchev–Trinajstić information content (AvgIpc) is 2.78. The van der Waals surface area contributed by atoms with Gasteiger partial charge < -0.3 is 35.5 Å². The van der Waals surface area contributed by atoms with Gasteiger partial charge in [0.25, 0.3) is 0 Å². The van der Waals surface area contributed by atoms with Crippen LogP contribution in [0.25, 0.3) is 11.4 Å². The standard InChI is InChI=1S/C22H32N6O3/c1-15(2)25-21-19(12-23)22(28-7-9-30-10-8-28)27-20(26-21)16-5-4-6-18(11-16)31-14-17(29)13-24-3/h4-6,11-12,15,17,23-24,29H,7-10,13-14H2,1-3H3,(H,25,26,27). The van der Waals surface area contributed by atoms with E-state index in [9.17, 15) is 5.11 Å². The van der Waals surface area contributed by atoms with Gasteiger partial charge in [0.1, 0.15) is 30.1 Å². The fraction of sp³-hybridized carbons (Fsp3) is 0.500. The van der Waals surface area contributed by atoms with E-state index in [0.717, 1.165) is 11.4 Å². The number of anilines is 2. The van der Waals surface area contributed by atoms with Crippen molar-refractivity contribution in [1.82, 2.24) is 15.3 Å².